The van der Waals surface area contributed by atoms with Crippen molar-refractivity contribution in [2.45, 2.75) is 25.2 Å². The van der Waals surface area contributed by atoms with Crippen LogP contribution in [0.2, 0.25) is 0 Å². The van der Waals surface area contributed by atoms with E-state index >= 15 is 0 Å². The summed E-state index contributed by atoms with van der Waals surface area (Å²) < 4.78 is 13.2. The van der Waals surface area contributed by atoms with Crippen LogP contribution in [-0.2, 0) is 0 Å². The summed E-state index contributed by atoms with van der Waals surface area (Å²) in [6.07, 6.45) is 7.27. The molecule has 0 saturated heterocycles. The second-order valence-electron chi connectivity index (χ2n) is 5.20. The fourth-order valence-corrected chi connectivity index (χ4v) is 2.74. The van der Waals surface area contributed by atoms with Crippen molar-refractivity contribution in [3.63, 3.8) is 0 Å². The molecule has 6 heteroatoms. The second kappa shape index (κ2) is 6.91. The molecular weight excluding hydrogens is 310 g/mol. The summed E-state index contributed by atoms with van der Waals surface area (Å²) in [7, 11) is 1.64. The molecule has 0 saturated carbocycles. The van der Waals surface area contributed by atoms with E-state index in [2.05, 4.69) is 29.5 Å². The lowest BCUT2D eigenvalue weighted by atomic mass is 10.1. The molecule has 3 aromatic rings. The first-order chi connectivity index (χ1) is 11.2. The van der Waals surface area contributed by atoms with Crippen LogP contribution in [0.1, 0.15) is 19.8 Å². The number of imidazole rings is 1. The Morgan fingerprint density at radius 2 is 2.17 bits per heavy atom. The Bertz CT molecular complexity index is 770. The van der Waals surface area contributed by atoms with Gasteiger partial charge in [0.1, 0.15) is 28.9 Å². The third kappa shape index (κ3) is 3.42. The van der Waals surface area contributed by atoms with Crippen molar-refractivity contribution in [1.29, 1.82) is 0 Å². The van der Waals surface area contributed by atoms with Gasteiger partial charge in [-0.05, 0) is 24.6 Å². The van der Waals surface area contributed by atoms with Gasteiger partial charge in [0.2, 0.25) is 0 Å². The number of methoxy groups -OCH3 is 1. The molecule has 0 radical (unpaired) electrons. The molecule has 1 unspecified atom stereocenters. The van der Waals surface area contributed by atoms with Gasteiger partial charge in [0.05, 0.1) is 12.8 Å². The number of thiol groups is 1. The third-order valence-corrected chi connectivity index (χ3v) is 3.89. The topological polar surface area (TPSA) is 48.7 Å². The van der Waals surface area contributed by atoms with Crippen molar-refractivity contribution in [1.82, 2.24) is 14.4 Å². The van der Waals surface area contributed by atoms with Crippen molar-refractivity contribution in [3.8, 4) is 22.8 Å². The molecule has 5 nitrogen and oxygen atoms in total. The van der Waals surface area contributed by atoms with Crippen LogP contribution in [0.25, 0.3) is 16.9 Å². The zero-order valence-electron chi connectivity index (χ0n) is 13.1. The molecule has 1 aromatic carbocycles. The maximum atomic E-state index is 6.00. The first kappa shape index (κ1) is 15.7. The molecule has 2 heterocycles. The molecule has 23 heavy (non-hydrogen) atoms. The Balaban J connectivity index is 2.02. The second-order valence-corrected chi connectivity index (χ2v) is 5.77. The smallest absolute Gasteiger partial charge is 0.141 e. The number of nitrogens with zero attached hydrogens (tertiary/aromatic N) is 3. The molecule has 120 valence electrons. The predicted octanol–water partition coefficient (Wildman–Crippen LogP) is 3.84. The Labute approximate surface area is 140 Å². The highest BCUT2D eigenvalue weighted by molar-refractivity contribution is 7.80. The minimum Gasteiger partial charge on any atom is -0.497 e. The van der Waals surface area contributed by atoms with E-state index in [0.717, 1.165) is 35.5 Å². The summed E-state index contributed by atoms with van der Waals surface area (Å²) in [5.74, 6) is 1.46. The van der Waals surface area contributed by atoms with E-state index in [-0.39, 0.29) is 5.44 Å². The quantitative estimate of drug-likeness (QED) is 0.551. The summed E-state index contributed by atoms with van der Waals surface area (Å²) >= 11 is 4.50. The molecule has 0 N–H and O–H groups in total. The van der Waals surface area contributed by atoms with Gasteiger partial charge in [0.25, 0.3) is 0 Å². The van der Waals surface area contributed by atoms with Crippen LogP contribution >= 0.6 is 12.6 Å². The number of ether oxygens (including phenoxy) is 2. The summed E-state index contributed by atoms with van der Waals surface area (Å²) in [5, 5.41) is 0. The van der Waals surface area contributed by atoms with E-state index < -0.39 is 0 Å². The monoisotopic (exact) mass is 329 g/mol. The average Bonchev–Trinajstić information content (AvgIpc) is 2.98. The van der Waals surface area contributed by atoms with Crippen molar-refractivity contribution in [2.75, 3.05) is 7.11 Å². The standard InChI is InChI=1S/C17H19N3O2S/c1-3-4-17(23)22-15-9-12(21-2)5-6-13(15)14-10-20-11-18-8-7-16(20)19-14/h5-11,17,23H,3-4H2,1-2H3. The van der Waals surface area contributed by atoms with Gasteiger partial charge < -0.3 is 9.47 Å². The van der Waals surface area contributed by atoms with Crippen molar-refractivity contribution in [2.24, 2.45) is 0 Å². The van der Waals surface area contributed by atoms with Crippen LogP contribution < -0.4 is 9.47 Å². The molecule has 0 aliphatic rings. The minimum absolute atomic E-state index is 0.162. The number of aromatic nitrogens is 3. The van der Waals surface area contributed by atoms with E-state index in [9.17, 15) is 0 Å². The molecule has 3 rings (SSSR count). The normalized spacial score (nSPS) is 12.3. The number of benzene rings is 1. The highest BCUT2D eigenvalue weighted by Crippen LogP contribution is 2.34. The molecule has 0 aliphatic carbocycles. The molecule has 0 bridgehead atoms. The Morgan fingerprint density at radius 1 is 1.30 bits per heavy atom. The summed E-state index contributed by atoms with van der Waals surface area (Å²) in [5.41, 5.74) is 2.41. The van der Waals surface area contributed by atoms with E-state index in [1.165, 1.54) is 0 Å². The van der Waals surface area contributed by atoms with E-state index in [1.54, 1.807) is 19.6 Å². The van der Waals surface area contributed by atoms with Crippen molar-refractivity contribution in [3.05, 3.63) is 43.0 Å². The number of rotatable bonds is 6. The first-order valence-corrected chi connectivity index (χ1v) is 8.04. The predicted molar refractivity (Wildman–Crippen MR) is 93.3 cm³/mol. The van der Waals surface area contributed by atoms with Gasteiger partial charge in [0, 0.05) is 24.0 Å². The van der Waals surface area contributed by atoms with E-state index in [1.807, 2.05) is 34.9 Å². The number of hydrogen-bond donors (Lipinski definition) is 1. The Hall–Kier alpha value is -2.21. The fraction of sp³-hybridized carbons (Fsp3) is 0.294. The first-order valence-electron chi connectivity index (χ1n) is 7.53. The lowest BCUT2D eigenvalue weighted by Gasteiger charge is -2.16. The Morgan fingerprint density at radius 3 is 2.91 bits per heavy atom. The van der Waals surface area contributed by atoms with Gasteiger partial charge in [-0.25, -0.2) is 9.97 Å². The third-order valence-electron chi connectivity index (χ3n) is 3.53. The number of fused-ring (bicyclic) bond motifs is 1. The van der Waals surface area contributed by atoms with Crippen molar-refractivity contribution >= 4 is 18.3 Å². The molecule has 1 atom stereocenters. The van der Waals surface area contributed by atoms with E-state index in [0.29, 0.717) is 5.75 Å². The molecular formula is C17H19N3O2S. The van der Waals surface area contributed by atoms with Gasteiger partial charge in [-0.2, -0.15) is 0 Å². The van der Waals surface area contributed by atoms with E-state index in [4.69, 9.17) is 9.47 Å². The van der Waals surface area contributed by atoms with Crippen LogP contribution in [0.4, 0.5) is 0 Å². The lowest BCUT2D eigenvalue weighted by molar-refractivity contribution is 0.277. The SMILES string of the molecule is CCCC(S)Oc1cc(OC)ccc1-c1cn2cnccc2n1. The lowest BCUT2D eigenvalue weighted by Crippen LogP contribution is -2.09. The summed E-state index contributed by atoms with van der Waals surface area (Å²) in [6, 6.07) is 7.59. The van der Waals surface area contributed by atoms with Crippen LogP contribution in [0, 0.1) is 0 Å². The maximum absolute atomic E-state index is 6.00. The molecule has 0 aliphatic heterocycles. The van der Waals surface area contributed by atoms with Gasteiger partial charge in [-0.3, -0.25) is 4.40 Å². The van der Waals surface area contributed by atoms with Crippen LogP contribution in [0.15, 0.2) is 43.0 Å². The maximum Gasteiger partial charge on any atom is 0.141 e. The fourth-order valence-electron chi connectivity index (χ4n) is 2.36. The Kier molecular flexibility index (Phi) is 4.71. The number of hydrogen-bond acceptors (Lipinski definition) is 5. The van der Waals surface area contributed by atoms with Gasteiger partial charge in [-0.15, -0.1) is 12.6 Å². The van der Waals surface area contributed by atoms with Crippen LogP contribution in [-0.4, -0.2) is 26.9 Å². The van der Waals surface area contributed by atoms with Gasteiger partial charge in [0.15, 0.2) is 0 Å². The summed E-state index contributed by atoms with van der Waals surface area (Å²) in [4.78, 5) is 8.73. The van der Waals surface area contributed by atoms with Crippen LogP contribution in [0.3, 0.4) is 0 Å². The van der Waals surface area contributed by atoms with Gasteiger partial charge in [-0.1, -0.05) is 13.3 Å². The highest BCUT2D eigenvalue weighted by Gasteiger charge is 2.14. The minimum atomic E-state index is -0.162. The zero-order valence-corrected chi connectivity index (χ0v) is 14.0. The molecule has 0 amide bonds. The molecule has 2 aromatic heterocycles. The van der Waals surface area contributed by atoms with Crippen LogP contribution in [0.5, 0.6) is 11.5 Å². The average molecular weight is 329 g/mol. The van der Waals surface area contributed by atoms with Gasteiger partial charge >= 0.3 is 0 Å². The zero-order chi connectivity index (χ0) is 16.2. The molecule has 0 fully saturated rings. The summed E-state index contributed by atoms with van der Waals surface area (Å²) in [6.45, 7) is 2.11. The largest absolute Gasteiger partial charge is 0.497 e. The van der Waals surface area contributed by atoms with Crippen molar-refractivity contribution < 1.29 is 9.47 Å². The highest BCUT2D eigenvalue weighted by atomic mass is 32.1. The molecule has 0 spiro atoms.